The second-order valence-electron chi connectivity index (χ2n) is 0. The van der Waals surface area contributed by atoms with E-state index in [2.05, 4.69) is 0 Å². The lowest BCUT2D eigenvalue weighted by Crippen LogP contribution is -0.856. The SMILES string of the molecule is CC.CC.CC.[HH]. The lowest BCUT2D eigenvalue weighted by atomic mass is 11.0. The van der Waals surface area contributed by atoms with E-state index in [9.17, 15) is 0 Å². The largest absolute Gasteiger partial charge is 0.0683 e. The molecule has 0 fully saturated rings. The molecule has 0 aliphatic carbocycles. The van der Waals surface area contributed by atoms with E-state index in [-0.39, 0.29) is 1.43 Å². The van der Waals surface area contributed by atoms with Crippen LogP contribution in [0.3, 0.4) is 0 Å². The second-order valence-corrected chi connectivity index (χ2v) is 0. The van der Waals surface area contributed by atoms with E-state index in [0.717, 1.165) is 0 Å². The summed E-state index contributed by atoms with van der Waals surface area (Å²) in [5, 5.41) is 0. The molecule has 0 radical (unpaired) electrons. The molecule has 0 atom stereocenters. The predicted octanol–water partition coefficient (Wildman–Crippen LogP) is 3.32. The standard InChI is InChI=1S/3C2H6.H2/c3*1-2;/h3*1-2H3;1H. The van der Waals surface area contributed by atoms with Gasteiger partial charge in [-0.05, 0) is 0 Å². The van der Waals surface area contributed by atoms with Gasteiger partial charge in [0.25, 0.3) is 0 Å². The highest BCUT2D eigenvalue weighted by Gasteiger charge is 0.936. The van der Waals surface area contributed by atoms with E-state index >= 15 is 0 Å². The van der Waals surface area contributed by atoms with Crippen LogP contribution in [0.15, 0.2) is 0 Å². The zero-order chi connectivity index (χ0) is 6.00. The normalized spacial score (nSPS) is 3.00. The van der Waals surface area contributed by atoms with Crippen LogP contribution < -0.4 is 0 Å². The van der Waals surface area contributed by atoms with Crippen molar-refractivity contribution < 1.29 is 1.43 Å². The van der Waals surface area contributed by atoms with Gasteiger partial charge in [-0.2, -0.15) is 0 Å². The average molecular weight is 92.2 g/mol. The molecule has 0 heteroatoms. The fraction of sp³-hybridized carbons (Fsp3) is 1.00. The molecule has 0 aromatic rings. The van der Waals surface area contributed by atoms with E-state index in [0.29, 0.717) is 0 Å². The average Bonchev–Trinajstić information content (AvgIpc) is 1.81. The van der Waals surface area contributed by atoms with Crippen LogP contribution in [0.5, 0.6) is 0 Å². The van der Waals surface area contributed by atoms with E-state index < -0.39 is 0 Å². The van der Waals surface area contributed by atoms with E-state index in [1.165, 1.54) is 0 Å². The molecule has 0 aromatic heterocycles. The van der Waals surface area contributed by atoms with Gasteiger partial charge in [0.15, 0.2) is 0 Å². The maximum absolute atomic E-state index is 2.00. The fourth-order valence-corrected chi connectivity index (χ4v) is 0. The summed E-state index contributed by atoms with van der Waals surface area (Å²) in [4.78, 5) is 0. The summed E-state index contributed by atoms with van der Waals surface area (Å²) < 4.78 is 0. The topological polar surface area (TPSA) is 0 Å². The molecule has 0 bridgehead atoms. The summed E-state index contributed by atoms with van der Waals surface area (Å²) in [5.74, 6) is 0. The number of hydrogen-bond acceptors (Lipinski definition) is 0. The molecular formula is C6H20. The van der Waals surface area contributed by atoms with Crippen LogP contribution >= 0.6 is 0 Å². The zero-order valence-corrected chi connectivity index (χ0v) is 6.00. The lowest BCUT2D eigenvalue weighted by molar-refractivity contribution is 1.50. The Balaban J connectivity index is -0.00000000900. The lowest BCUT2D eigenvalue weighted by Gasteiger charge is -1.07. The van der Waals surface area contributed by atoms with Crippen molar-refractivity contribution in [2.24, 2.45) is 0 Å². The van der Waals surface area contributed by atoms with Crippen molar-refractivity contribution in [2.45, 2.75) is 41.5 Å². The molecule has 0 aromatic carbocycles. The third kappa shape index (κ3) is 0. The molecule has 0 amide bonds. The summed E-state index contributed by atoms with van der Waals surface area (Å²) in [5.41, 5.74) is 0. The van der Waals surface area contributed by atoms with E-state index in [1.54, 1.807) is 0 Å². The molecule has 0 N–H and O–H groups in total. The van der Waals surface area contributed by atoms with Crippen molar-refractivity contribution >= 4 is 0 Å². The Morgan fingerprint density at radius 2 is 0.500 bits per heavy atom. The molecule has 0 spiro atoms. The molecule has 0 rings (SSSR count). The van der Waals surface area contributed by atoms with Crippen LogP contribution in [0.25, 0.3) is 0 Å². The van der Waals surface area contributed by atoms with Crippen molar-refractivity contribution in [1.29, 1.82) is 0 Å². The van der Waals surface area contributed by atoms with Gasteiger partial charge in [0.2, 0.25) is 0 Å². The molecular weight excluding hydrogens is 72.1 g/mol. The van der Waals surface area contributed by atoms with Crippen molar-refractivity contribution in [3.8, 4) is 0 Å². The summed E-state index contributed by atoms with van der Waals surface area (Å²) >= 11 is 0. The predicted molar refractivity (Wildman–Crippen MR) is 36.2 cm³/mol. The molecule has 44 valence electrons. The first-order valence-electron chi connectivity index (χ1n) is 3.00. The number of rotatable bonds is 0. The molecule has 0 aliphatic rings. The summed E-state index contributed by atoms with van der Waals surface area (Å²) in [7, 11) is 0. The van der Waals surface area contributed by atoms with Crippen LogP contribution in [0.1, 0.15) is 43.0 Å². The maximum atomic E-state index is 2.00. The zero-order valence-electron chi connectivity index (χ0n) is 6.00. The molecule has 0 aliphatic heterocycles. The quantitative estimate of drug-likeness (QED) is 0.430. The first kappa shape index (κ1) is 16.7. The second kappa shape index (κ2) is 0. The Labute approximate surface area is 44.1 Å². The van der Waals surface area contributed by atoms with Crippen LogP contribution in [-0.4, -0.2) is 0 Å². The minimum absolute atomic E-state index is 0. The Morgan fingerprint density at radius 1 is 0.500 bits per heavy atom. The van der Waals surface area contributed by atoms with Gasteiger partial charge in [0.1, 0.15) is 0 Å². The van der Waals surface area contributed by atoms with Crippen LogP contribution in [0, 0.1) is 0 Å². The Kier molecular flexibility index (Phi) is 0. The monoisotopic (exact) mass is 92.2 g/mol. The Bertz CT molecular complexity index is 4.14. The van der Waals surface area contributed by atoms with Crippen LogP contribution in [0.4, 0.5) is 0 Å². The minimum atomic E-state index is 0. The Morgan fingerprint density at radius 3 is 0.500 bits per heavy atom. The van der Waals surface area contributed by atoms with Crippen LogP contribution in [0.2, 0.25) is 0 Å². The minimum Gasteiger partial charge on any atom is -0.0683 e. The van der Waals surface area contributed by atoms with Crippen molar-refractivity contribution in [3.05, 3.63) is 0 Å². The highest BCUT2D eigenvalue weighted by molar-refractivity contribution is 3.51. The van der Waals surface area contributed by atoms with Gasteiger partial charge in [-0.15, -0.1) is 0 Å². The summed E-state index contributed by atoms with van der Waals surface area (Å²) in [6, 6.07) is 0. The van der Waals surface area contributed by atoms with Gasteiger partial charge >= 0.3 is 0 Å². The van der Waals surface area contributed by atoms with Crippen molar-refractivity contribution in [2.75, 3.05) is 0 Å². The fourth-order valence-electron chi connectivity index (χ4n) is 0. The molecule has 0 nitrogen and oxygen atoms in total. The molecule has 0 unspecified atom stereocenters. The highest BCUT2D eigenvalue weighted by atomic mass is 13.0. The van der Waals surface area contributed by atoms with Gasteiger partial charge in [0.05, 0.1) is 0 Å². The van der Waals surface area contributed by atoms with E-state index in [4.69, 9.17) is 0 Å². The van der Waals surface area contributed by atoms with Gasteiger partial charge in [-0.3, -0.25) is 0 Å². The molecule has 0 heterocycles. The van der Waals surface area contributed by atoms with Crippen molar-refractivity contribution in [1.82, 2.24) is 0 Å². The molecule has 0 saturated carbocycles. The third-order valence-corrected chi connectivity index (χ3v) is 0. The number of hydrogen-bond donors (Lipinski definition) is 0. The first-order valence-corrected chi connectivity index (χ1v) is 3.00. The van der Waals surface area contributed by atoms with Crippen molar-refractivity contribution in [3.63, 3.8) is 0 Å². The maximum Gasteiger partial charge on any atom is 0 e. The smallest absolute Gasteiger partial charge is 0 e. The van der Waals surface area contributed by atoms with E-state index in [1.807, 2.05) is 41.5 Å². The molecule has 0 saturated heterocycles. The highest BCUT2D eigenvalue weighted by Crippen LogP contribution is 1.15. The van der Waals surface area contributed by atoms with Crippen LogP contribution in [-0.2, 0) is 0 Å². The Hall–Kier alpha value is 0. The van der Waals surface area contributed by atoms with Gasteiger partial charge in [-0.25, -0.2) is 0 Å². The summed E-state index contributed by atoms with van der Waals surface area (Å²) in [6.07, 6.45) is 0. The summed E-state index contributed by atoms with van der Waals surface area (Å²) in [6.45, 7) is 12.0. The van der Waals surface area contributed by atoms with Gasteiger partial charge in [0, 0.05) is 1.43 Å². The third-order valence-electron chi connectivity index (χ3n) is 0. The molecule has 6 heavy (non-hydrogen) atoms. The first-order chi connectivity index (χ1) is 3.00. The van der Waals surface area contributed by atoms with Gasteiger partial charge in [-0.1, -0.05) is 41.5 Å². The van der Waals surface area contributed by atoms with Gasteiger partial charge < -0.3 is 0 Å².